The van der Waals surface area contributed by atoms with Crippen molar-refractivity contribution >= 4 is 0 Å². The molecule has 19 heavy (non-hydrogen) atoms. The summed E-state index contributed by atoms with van der Waals surface area (Å²) in [6.45, 7) is 10.00. The first kappa shape index (κ1) is 13.9. The minimum absolute atomic E-state index is 0.209. The third-order valence-corrected chi connectivity index (χ3v) is 3.51. The van der Waals surface area contributed by atoms with Gasteiger partial charge < -0.3 is 4.57 Å². The molecule has 1 heterocycles. The molecule has 0 N–H and O–H groups in total. The molecule has 1 aromatic carbocycles. The predicted octanol–water partition coefficient (Wildman–Crippen LogP) is 4.65. The molecule has 0 aliphatic carbocycles. The van der Waals surface area contributed by atoms with Crippen molar-refractivity contribution in [2.75, 3.05) is 0 Å². The third kappa shape index (κ3) is 3.25. The predicted molar refractivity (Wildman–Crippen MR) is 81.3 cm³/mol. The Balaban J connectivity index is 2.25. The van der Waals surface area contributed by atoms with Crippen molar-refractivity contribution in [1.82, 2.24) is 9.55 Å². The summed E-state index contributed by atoms with van der Waals surface area (Å²) in [6.07, 6.45) is 6.30. The van der Waals surface area contributed by atoms with E-state index >= 15 is 0 Å². The van der Waals surface area contributed by atoms with E-state index in [1.165, 1.54) is 29.7 Å². The average Bonchev–Trinajstić information content (AvgIpc) is 2.83. The molecule has 0 fully saturated rings. The standard InChI is InChI=1S/C17H24N2/c1-5-6-11-19-13-18-12-16(19)14-7-9-15(10-8-14)17(2,3)4/h7-10,12-13H,5-6,11H2,1-4H3. The monoisotopic (exact) mass is 256 g/mol. The number of unbranched alkanes of at least 4 members (excludes halogenated alkanes) is 1. The minimum Gasteiger partial charge on any atom is -0.331 e. The summed E-state index contributed by atoms with van der Waals surface area (Å²) < 4.78 is 2.25. The van der Waals surface area contributed by atoms with Crippen molar-refractivity contribution in [2.24, 2.45) is 0 Å². The highest BCUT2D eigenvalue weighted by molar-refractivity contribution is 5.59. The fourth-order valence-electron chi connectivity index (χ4n) is 2.21. The van der Waals surface area contributed by atoms with Gasteiger partial charge in [0, 0.05) is 6.54 Å². The Morgan fingerprint density at radius 2 is 1.79 bits per heavy atom. The molecule has 0 atom stereocenters. The molecule has 0 unspecified atom stereocenters. The highest BCUT2D eigenvalue weighted by Crippen LogP contribution is 2.26. The van der Waals surface area contributed by atoms with Crippen molar-refractivity contribution in [3.05, 3.63) is 42.4 Å². The van der Waals surface area contributed by atoms with Crippen molar-refractivity contribution < 1.29 is 0 Å². The Labute approximate surface area is 116 Å². The molecule has 2 aromatic rings. The van der Waals surface area contributed by atoms with Crippen molar-refractivity contribution in [2.45, 2.75) is 52.5 Å². The number of hydrogen-bond donors (Lipinski definition) is 0. The Bertz CT molecular complexity index is 515. The Hall–Kier alpha value is -1.57. The molecule has 2 heteroatoms. The van der Waals surface area contributed by atoms with Crippen LogP contribution in [0, 0.1) is 0 Å². The van der Waals surface area contributed by atoms with E-state index in [1.807, 2.05) is 12.5 Å². The number of aromatic nitrogens is 2. The van der Waals surface area contributed by atoms with Crippen molar-refractivity contribution in [3.63, 3.8) is 0 Å². The van der Waals surface area contributed by atoms with Crippen molar-refractivity contribution in [3.8, 4) is 11.3 Å². The lowest BCUT2D eigenvalue weighted by Crippen LogP contribution is -2.10. The molecular weight excluding hydrogens is 232 g/mol. The topological polar surface area (TPSA) is 17.8 Å². The number of benzene rings is 1. The third-order valence-electron chi connectivity index (χ3n) is 3.51. The molecule has 0 amide bonds. The second kappa shape index (κ2) is 5.60. The molecule has 2 rings (SSSR count). The number of nitrogens with zero attached hydrogens (tertiary/aromatic N) is 2. The lowest BCUT2D eigenvalue weighted by Gasteiger charge is -2.19. The molecule has 0 radical (unpaired) electrons. The SMILES string of the molecule is CCCCn1cncc1-c1ccc(C(C)(C)C)cc1. The van der Waals surface area contributed by atoms with Gasteiger partial charge >= 0.3 is 0 Å². The van der Waals surface area contributed by atoms with Crippen LogP contribution in [0.2, 0.25) is 0 Å². The minimum atomic E-state index is 0.209. The first-order chi connectivity index (χ1) is 9.02. The average molecular weight is 256 g/mol. The summed E-state index contributed by atoms with van der Waals surface area (Å²) in [7, 11) is 0. The van der Waals surface area contributed by atoms with Gasteiger partial charge in [0.25, 0.3) is 0 Å². The van der Waals surface area contributed by atoms with Gasteiger partial charge in [-0.05, 0) is 23.0 Å². The second-order valence-electron chi connectivity index (χ2n) is 6.15. The van der Waals surface area contributed by atoms with Gasteiger partial charge in [-0.15, -0.1) is 0 Å². The lowest BCUT2D eigenvalue weighted by molar-refractivity contribution is 0.590. The first-order valence-corrected chi connectivity index (χ1v) is 7.13. The summed E-state index contributed by atoms with van der Waals surface area (Å²) in [6, 6.07) is 8.87. The quantitative estimate of drug-likeness (QED) is 0.778. The molecule has 0 aliphatic rings. The van der Waals surface area contributed by atoms with E-state index in [4.69, 9.17) is 0 Å². The van der Waals surface area contributed by atoms with Gasteiger partial charge in [-0.25, -0.2) is 4.98 Å². The molecule has 0 saturated carbocycles. The van der Waals surface area contributed by atoms with Crippen LogP contribution in [0.1, 0.15) is 46.1 Å². The lowest BCUT2D eigenvalue weighted by atomic mass is 9.86. The summed E-state index contributed by atoms with van der Waals surface area (Å²) in [5, 5.41) is 0. The zero-order chi connectivity index (χ0) is 13.9. The number of rotatable bonds is 4. The highest BCUT2D eigenvalue weighted by atomic mass is 15.0. The fourth-order valence-corrected chi connectivity index (χ4v) is 2.21. The van der Waals surface area contributed by atoms with Crippen LogP contribution in [0.5, 0.6) is 0 Å². The Kier molecular flexibility index (Phi) is 4.08. The van der Waals surface area contributed by atoms with Gasteiger partial charge in [0.15, 0.2) is 0 Å². The van der Waals surface area contributed by atoms with Gasteiger partial charge in [0.2, 0.25) is 0 Å². The summed E-state index contributed by atoms with van der Waals surface area (Å²) >= 11 is 0. The number of hydrogen-bond acceptors (Lipinski definition) is 1. The molecule has 2 nitrogen and oxygen atoms in total. The summed E-state index contributed by atoms with van der Waals surface area (Å²) in [5.41, 5.74) is 4.05. The van der Waals surface area contributed by atoms with Crippen LogP contribution in [0.25, 0.3) is 11.3 Å². The molecule has 1 aromatic heterocycles. The molecule has 0 bridgehead atoms. The van der Waals surface area contributed by atoms with Crippen LogP contribution in [0.4, 0.5) is 0 Å². The Morgan fingerprint density at radius 1 is 1.11 bits per heavy atom. The van der Waals surface area contributed by atoms with Gasteiger partial charge in [0.05, 0.1) is 18.2 Å². The van der Waals surface area contributed by atoms with Crippen LogP contribution in [-0.2, 0) is 12.0 Å². The van der Waals surface area contributed by atoms with Crippen LogP contribution < -0.4 is 0 Å². The zero-order valence-corrected chi connectivity index (χ0v) is 12.5. The largest absolute Gasteiger partial charge is 0.331 e. The molecule has 0 spiro atoms. The molecule has 0 aliphatic heterocycles. The summed E-state index contributed by atoms with van der Waals surface area (Å²) in [5.74, 6) is 0. The van der Waals surface area contributed by atoms with Crippen molar-refractivity contribution in [1.29, 1.82) is 0 Å². The highest BCUT2D eigenvalue weighted by Gasteiger charge is 2.13. The van der Waals surface area contributed by atoms with E-state index in [2.05, 4.69) is 61.5 Å². The second-order valence-corrected chi connectivity index (χ2v) is 6.15. The summed E-state index contributed by atoms with van der Waals surface area (Å²) in [4.78, 5) is 4.29. The van der Waals surface area contributed by atoms with Gasteiger partial charge in [-0.2, -0.15) is 0 Å². The van der Waals surface area contributed by atoms with Crippen LogP contribution >= 0.6 is 0 Å². The van der Waals surface area contributed by atoms with Crippen LogP contribution in [-0.4, -0.2) is 9.55 Å². The van der Waals surface area contributed by atoms with E-state index in [0.29, 0.717) is 0 Å². The molecule has 0 saturated heterocycles. The zero-order valence-electron chi connectivity index (χ0n) is 12.5. The van der Waals surface area contributed by atoms with E-state index in [9.17, 15) is 0 Å². The van der Waals surface area contributed by atoms with E-state index in [1.54, 1.807) is 0 Å². The van der Waals surface area contributed by atoms with E-state index < -0.39 is 0 Å². The van der Waals surface area contributed by atoms with Gasteiger partial charge in [0.1, 0.15) is 0 Å². The van der Waals surface area contributed by atoms with Crippen LogP contribution in [0.3, 0.4) is 0 Å². The molecule has 102 valence electrons. The number of imidazole rings is 1. The van der Waals surface area contributed by atoms with Gasteiger partial charge in [-0.1, -0.05) is 58.4 Å². The first-order valence-electron chi connectivity index (χ1n) is 7.13. The smallest absolute Gasteiger partial charge is 0.0950 e. The fraction of sp³-hybridized carbons (Fsp3) is 0.471. The Morgan fingerprint density at radius 3 is 2.37 bits per heavy atom. The van der Waals surface area contributed by atoms with E-state index in [0.717, 1.165) is 6.54 Å². The van der Waals surface area contributed by atoms with Gasteiger partial charge in [-0.3, -0.25) is 0 Å². The maximum atomic E-state index is 4.29. The van der Waals surface area contributed by atoms with Crippen LogP contribution in [0.15, 0.2) is 36.8 Å². The normalized spacial score (nSPS) is 11.8. The molecular formula is C17H24N2. The maximum Gasteiger partial charge on any atom is 0.0950 e. The number of aryl methyl sites for hydroxylation is 1. The van der Waals surface area contributed by atoms with E-state index in [-0.39, 0.29) is 5.41 Å². The maximum absolute atomic E-state index is 4.29.